The van der Waals surface area contributed by atoms with Gasteiger partial charge in [-0.25, -0.2) is 0 Å². The van der Waals surface area contributed by atoms with Crippen LogP contribution in [0.15, 0.2) is 18.2 Å². The van der Waals surface area contributed by atoms with Crippen molar-refractivity contribution < 1.29 is 4.79 Å². The summed E-state index contributed by atoms with van der Waals surface area (Å²) in [4.78, 5) is 11.7. The van der Waals surface area contributed by atoms with E-state index < -0.39 is 5.41 Å². The van der Waals surface area contributed by atoms with Gasteiger partial charge in [0.25, 0.3) is 0 Å². The first kappa shape index (κ1) is 15.2. The lowest BCUT2D eigenvalue weighted by atomic mass is 9.96. The van der Waals surface area contributed by atoms with Crippen molar-refractivity contribution in [2.24, 2.45) is 5.41 Å². The molecule has 18 heavy (non-hydrogen) atoms. The van der Waals surface area contributed by atoms with Gasteiger partial charge in [0, 0.05) is 5.41 Å². The molecule has 0 aliphatic heterocycles. The van der Waals surface area contributed by atoms with Crippen LogP contribution in [0.3, 0.4) is 0 Å². The fourth-order valence-corrected chi connectivity index (χ4v) is 1.74. The van der Waals surface area contributed by atoms with Gasteiger partial charge in [0.2, 0.25) is 5.91 Å². The molecule has 6 heteroatoms. The summed E-state index contributed by atoms with van der Waals surface area (Å²) in [6.45, 7) is 5.40. The Labute approximate surface area is 122 Å². The Hall–Kier alpha value is -0.840. The van der Waals surface area contributed by atoms with E-state index >= 15 is 0 Å². The second-order valence-electron chi connectivity index (χ2n) is 4.75. The third kappa shape index (κ3) is 4.12. The monoisotopic (exact) mass is 304 g/mol. The Morgan fingerprint density at radius 2 is 1.72 bits per heavy atom. The van der Waals surface area contributed by atoms with Crippen molar-refractivity contribution in [2.45, 2.75) is 20.8 Å². The van der Waals surface area contributed by atoms with Crippen molar-refractivity contribution in [1.82, 2.24) is 5.32 Å². The Balaban J connectivity index is 2.75. The van der Waals surface area contributed by atoms with Gasteiger partial charge in [-0.05, 0) is 24.4 Å². The van der Waals surface area contributed by atoms with Gasteiger partial charge in [0.1, 0.15) is 0 Å². The standard InChI is InChI=1S/C12H14Cl2N2OS/c1-12(2,3)10(17)16-11(18)15-9-7(13)5-4-6-8(9)14/h4-6H,1-3H3,(H2,15,16,17,18). The molecule has 2 N–H and O–H groups in total. The van der Waals surface area contributed by atoms with Gasteiger partial charge in [0.05, 0.1) is 15.7 Å². The molecule has 0 radical (unpaired) electrons. The molecule has 0 spiro atoms. The van der Waals surface area contributed by atoms with Gasteiger partial charge < -0.3 is 10.6 Å². The highest BCUT2D eigenvalue weighted by molar-refractivity contribution is 7.80. The summed E-state index contributed by atoms with van der Waals surface area (Å²) in [7, 11) is 0. The van der Waals surface area contributed by atoms with Gasteiger partial charge in [0.15, 0.2) is 5.11 Å². The molecule has 1 aromatic carbocycles. The molecule has 98 valence electrons. The molecular weight excluding hydrogens is 291 g/mol. The molecule has 0 heterocycles. The maximum atomic E-state index is 11.7. The lowest BCUT2D eigenvalue weighted by Crippen LogP contribution is -2.41. The average molecular weight is 305 g/mol. The minimum absolute atomic E-state index is 0.171. The summed E-state index contributed by atoms with van der Waals surface area (Å²) in [5.41, 5.74) is -0.0317. The summed E-state index contributed by atoms with van der Waals surface area (Å²) in [5.74, 6) is -0.178. The summed E-state index contributed by atoms with van der Waals surface area (Å²) >= 11 is 17.0. The number of benzene rings is 1. The molecule has 0 atom stereocenters. The van der Waals surface area contributed by atoms with Crippen molar-refractivity contribution in [3.05, 3.63) is 28.2 Å². The highest BCUT2D eigenvalue weighted by Crippen LogP contribution is 2.29. The van der Waals surface area contributed by atoms with Crippen molar-refractivity contribution in [1.29, 1.82) is 0 Å². The number of hydrogen-bond donors (Lipinski definition) is 2. The van der Waals surface area contributed by atoms with Crippen LogP contribution >= 0.6 is 35.4 Å². The number of halogens is 2. The molecular formula is C12H14Cl2N2OS. The molecule has 1 amide bonds. The lowest BCUT2D eigenvalue weighted by molar-refractivity contribution is -0.126. The molecule has 0 aromatic heterocycles. The van der Waals surface area contributed by atoms with E-state index in [1.165, 1.54) is 0 Å². The predicted molar refractivity (Wildman–Crippen MR) is 80.3 cm³/mol. The normalized spacial score (nSPS) is 10.9. The van der Waals surface area contributed by atoms with E-state index in [0.29, 0.717) is 15.7 Å². The Morgan fingerprint density at radius 1 is 1.22 bits per heavy atom. The zero-order valence-electron chi connectivity index (χ0n) is 10.3. The van der Waals surface area contributed by atoms with Crippen LogP contribution in [0.4, 0.5) is 5.69 Å². The minimum Gasteiger partial charge on any atom is -0.330 e. The second-order valence-corrected chi connectivity index (χ2v) is 5.98. The van der Waals surface area contributed by atoms with Crippen LogP contribution in [0.1, 0.15) is 20.8 Å². The molecule has 0 bridgehead atoms. The van der Waals surface area contributed by atoms with Crippen LogP contribution in [-0.2, 0) is 4.79 Å². The van der Waals surface area contributed by atoms with Crippen LogP contribution in [0.5, 0.6) is 0 Å². The quantitative estimate of drug-likeness (QED) is 0.774. The third-order valence-corrected chi connectivity index (χ3v) is 2.94. The van der Waals surface area contributed by atoms with E-state index in [4.69, 9.17) is 35.4 Å². The molecule has 3 nitrogen and oxygen atoms in total. The average Bonchev–Trinajstić information content (AvgIpc) is 2.22. The van der Waals surface area contributed by atoms with Crippen molar-refractivity contribution in [3.8, 4) is 0 Å². The van der Waals surface area contributed by atoms with E-state index in [1.807, 2.05) is 0 Å². The first-order valence-corrected chi connectivity index (χ1v) is 6.44. The van der Waals surface area contributed by atoms with Crippen molar-refractivity contribution in [3.63, 3.8) is 0 Å². The number of carbonyl (C=O) groups excluding carboxylic acids is 1. The van der Waals surface area contributed by atoms with E-state index in [9.17, 15) is 4.79 Å². The van der Waals surface area contributed by atoms with E-state index in [2.05, 4.69) is 10.6 Å². The summed E-state index contributed by atoms with van der Waals surface area (Å²) in [6, 6.07) is 5.10. The summed E-state index contributed by atoms with van der Waals surface area (Å²) in [5, 5.41) is 6.45. The zero-order chi connectivity index (χ0) is 13.9. The van der Waals surface area contributed by atoms with Gasteiger partial charge in [-0.15, -0.1) is 0 Å². The molecule has 0 fully saturated rings. The number of nitrogens with one attached hydrogen (secondary N) is 2. The first-order valence-electron chi connectivity index (χ1n) is 5.28. The number of rotatable bonds is 1. The fourth-order valence-electron chi connectivity index (χ4n) is 1.05. The SMILES string of the molecule is CC(C)(C)C(=O)NC(=S)Nc1c(Cl)cccc1Cl. The Bertz CT molecular complexity index is 463. The highest BCUT2D eigenvalue weighted by atomic mass is 35.5. The van der Waals surface area contributed by atoms with Crippen LogP contribution in [0.2, 0.25) is 10.0 Å². The molecule has 0 saturated carbocycles. The molecule has 1 rings (SSSR count). The van der Waals surface area contributed by atoms with Crippen LogP contribution in [0, 0.1) is 5.41 Å². The maximum Gasteiger partial charge on any atom is 0.231 e. The largest absolute Gasteiger partial charge is 0.330 e. The number of anilines is 1. The number of thiocarbonyl (C=S) groups is 1. The minimum atomic E-state index is -0.518. The van der Waals surface area contributed by atoms with Crippen molar-refractivity contribution >= 4 is 52.1 Å². The molecule has 0 aliphatic rings. The topological polar surface area (TPSA) is 41.1 Å². The van der Waals surface area contributed by atoms with Gasteiger partial charge in [-0.2, -0.15) is 0 Å². The van der Waals surface area contributed by atoms with Crippen molar-refractivity contribution in [2.75, 3.05) is 5.32 Å². The van der Waals surface area contributed by atoms with Gasteiger partial charge >= 0.3 is 0 Å². The number of amides is 1. The van der Waals surface area contributed by atoms with Crippen LogP contribution in [0.25, 0.3) is 0 Å². The van der Waals surface area contributed by atoms with E-state index in [0.717, 1.165) is 0 Å². The Kier molecular flexibility index (Phi) is 4.96. The number of carbonyl (C=O) groups is 1. The molecule has 1 aromatic rings. The number of para-hydroxylation sites is 1. The van der Waals surface area contributed by atoms with Crippen LogP contribution in [-0.4, -0.2) is 11.0 Å². The molecule has 0 saturated heterocycles. The smallest absolute Gasteiger partial charge is 0.231 e. The first-order chi connectivity index (χ1) is 8.21. The lowest BCUT2D eigenvalue weighted by Gasteiger charge is -2.19. The Morgan fingerprint density at radius 3 is 2.17 bits per heavy atom. The van der Waals surface area contributed by atoms with Gasteiger partial charge in [-0.3, -0.25) is 4.79 Å². The third-order valence-electron chi connectivity index (χ3n) is 2.11. The van der Waals surface area contributed by atoms with Crippen LogP contribution < -0.4 is 10.6 Å². The second kappa shape index (κ2) is 5.87. The summed E-state index contributed by atoms with van der Waals surface area (Å²) in [6.07, 6.45) is 0. The zero-order valence-corrected chi connectivity index (χ0v) is 12.6. The summed E-state index contributed by atoms with van der Waals surface area (Å²) < 4.78 is 0. The van der Waals surface area contributed by atoms with E-state index in [1.54, 1.807) is 39.0 Å². The molecule has 0 aliphatic carbocycles. The van der Waals surface area contributed by atoms with Gasteiger partial charge in [-0.1, -0.05) is 50.0 Å². The fraction of sp³-hybridized carbons (Fsp3) is 0.333. The molecule has 0 unspecified atom stereocenters. The highest BCUT2D eigenvalue weighted by Gasteiger charge is 2.22. The number of hydrogen-bond acceptors (Lipinski definition) is 2. The van der Waals surface area contributed by atoms with E-state index in [-0.39, 0.29) is 11.0 Å². The maximum absolute atomic E-state index is 11.7. The predicted octanol–water partition coefficient (Wildman–Crippen LogP) is 3.85.